The Morgan fingerprint density at radius 3 is 2.45 bits per heavy atom. The quantitative estimate of drug-likeness (QED) is 0.620. The molecule has 0 unspecified atom stereocenters. The van der Waals surface area contributed by atoms with E-state index < -0.39 is 5.60 Å². The van der Waals surface area contributed by atoms with Crippen molar-refractivity contribution >= 4 is 0 Å². The molecule has 11 heavy (non-hydrogen) atoms. The molecule has 0 aliphatic rings. The molecule has 0 heterocycles. The van der Waals surface area contributed by atoms with Crippen molar-refractivity contribution in [1.82, 2.24) is 0 Å². The molecule has 0 rings (SSSR count). The Morgan fingerprint density at radius 2 is 2.09 bits per heavy atom. The van der Waals surface area contributed by atoms with Crippen LogP contribution in [0, 0.1) is 0 Å². The van der Waals surface area contributed by atoms with Gasteiger partial charge in [-0.15, -0.1) is 0 Å². The third kappa shape index (κ3) is 5.02. The fourth-order valence-corrected chi connectivity index (χ4v) is 0.788. The van der Waals surface area contributed by atoms with Gasteiger partial charge in [-0.3, -0.25) is 0 Å². The van der Waals surface area contributed by atoms with Gasteiger partial charge in [0.05, 0.1) is 5.60 Å². The Labute approximate surface area is 70.1 Å². The fraction of sp³-hybridized carbons (Fsp3) is 0.800. The van der Waals surface area contributed by atoms with Crippen LogP contribution in [-0.4, -0.2) is 10.7 Å². The molecule has 0 amide bonds. The van der Waals surface area contributed by atoms with Crippen molar-refractivity contribution < 1.29 is 5.11 Å². The standard InChI is InChI=1S/C10H20O/c1-5-9(3)7-8-10(4,11)6-2/h5,11H,6-8H2,1-4H3/b9-5-/t10-/m1/s1. The highest BCUT2D eigenvalue weighted by molar-refractivity contribution is 4.96. The molecule has 1 atom stereocenters. The molecule has 0 fully saturated rings. The lowest BCUT2D eigenvalue weighted by Gasteiger charge is -2.20. The van der Waals surface area contributed by atoms with Crippen molar-refractivity contribution in [3.63, 3.8) is 0 Å². The van der Waals surface area contributed by atoms with E-state index in [1.807, 2.05) is 20.8 Å². The Bertz CT molecular complexity index is 134. The summed E-state index contributed by atoms with van der Waals surface area (Å²) in [6.45, 7) is 8.06. The Kier molecular flexibility index (Phi) is 4.43. The zero-order valence-corrected chi connectivity index (χ0v) is 8.15. The van der Waals surface area contributed by atoms with E-state index in [-0.39, 0.29) is 0 Å². The molecule has 0 saturated carbocycles. The van der Waals surface area contributed by atoms with E-state index >= 15 is 0 Å². The van der Waals surface area contributed by atoms with E-state index in [9.17, 15) is 5.11 Å². The molecule has 0 aromatic heterocycles. The van der Waals surface area contributed by atoms with Gasteiger partial charge in [-0.2, -0.15) is 0 Å². The number of aliphatic hydroxyl groups is 1. The second-order valence-corrected chi connectivity index (χ2v) is 3.49. The summed E-state index contributed by atoms with van der Waals surface area (Å²) in [5.41, 5.74) is 0.892. The highest BCUT2D eigenvalue weighted by Gasteiger charge is 2.16. The lowest BCUT2D eigenvalue weighted by atomic mass is 9.95. The van der Waals surface area contributed by atoms with Gasteiger partial charge in [-0.05, 0) is 40.0 Å². The van der Waals surface area contributed by atoms with Gasteiger partial charge < -0.3 is 5.11 Å². The minimum atomic E-state index is -0.468. The summed E-state index contributed by atoms with van der Waals surface area (Å²) >= 11 is 0. The van der Waals surface area contributed by atoms with Crippen molar-refractivity contribution in [3.05, 3.63) is 11.6 Å². The topological polar surface area (TPSA) is 20.2 Å². The Balaban J connectivity index is 3.70. The number of rotatable bonds is 4. The SMILES string of the molecule is C/C=C(/C)CC[C@](C)(O)CC. The maximum Gasteiger partial charge on any atom is 0.0620 e. The van der Waals surface area contributed by atoms with Crippen LogP contribution in [0.4, 0.5) is 0 Å². The highest BCUT2D eigenvalue weighted by atomic mass is 16.3. The molecular weight excluding hydrogens is 136 g/mol. The number of hydrogen-bond donors (Lipinski definition) is 1. The summed E-state index contributed by atoms with van der Waals surface area (Å²) in [5, 5.41) is 9.64. The van der Waals surface area contributed by atoms with Gasteiger partial charge in [-0.25, -0.2) is 0 Å². The van der Waals surface area contributed by atoms with Crippen LogP contribution >= 0.6 is 0 Å². The first-order chi connectivity index (χ1) is 5.02. The average Bonchev–Trinajstić information content (AvgIpc) is 2.00. The predicted molar refractivity (Wildman–Crippen MR) is 49.6 cm³/mol. The fourth-order valence-electron chi connectivity index (χ4n) is 0.788. The molecule has 0 aliphatic heterocycles. The first-order valence-corrected chi connectivity index (χ1v) is 4.36. The summed E-state index contributed by atoms with van der Waals surface area (Å²) in [6, 6.07) is 0. The van der Waals surface area contributed by atoms with Gasteiger partial charge in [-0.1, -0.05) is 18.6 Å². The second-order valence-electron chi connectivity index (χ2n) is 3.49. The first kappa shape index (κ1) is 10.7. The molecule has 1 heteroatoms. The minimum Gasteiger partial charge on any atom is -0.390 e. The van der Waals surface area contributed by atoms with Crippen molar-refractivity contribution in [2.45, 2.75) is 52.6 Å². The lowest BCUT2D eigenvalue weighted by Crippen LogP contribution is -2.22. The van der Waals surface area contributed by atoms with Crippen LogP contribution in [-0.2, 0) is 0 Å². The normalized spacial score (nSPS) is 18.1. The summed E-state index contributed by atoms with van der Waals surface area (Å²) < 4.78 is 0. The summed E-state index contributed by atoms with van der Waals surface area (Å²) in [5.74, 6) is 0. The number of allylic oxidation sites excluding steroid dienone is 2. The third-order valence-electron chi connectivity index (χ3n) is 2.31. The molecule has 1 N–H and O–H groups in total. The molecule has 0 bridgehead atoms. The molecule has 1 nitrogen and oxygen atoms in total. The van der Waals surface area contributed by atoms with Crippen LogP contribution in [0.3, 0.4) is 0 Å². The maximum atomic E-state index is 9.64. The molecule has 0 saturated heterocycles. The van der Waals surface area contributed by atoms with E-state index in [0.29, 0.717) is 0 Å². The van der Waals surface area contributed by atoms with Gasteiger partial charge in [0.25, 0.3) is 0 Å². The van der Waals surface area contributed by atoms with E-state index in [0.717, 1.165) is 19.3 Å². The van der Waals surface area contributed by atoms with Gasteiger partial charge >= 0.3 is 0 Å². The molecule has 0 aliphatic carbocycles. The highest BCUT2D eigenvalue weighted by Crippen LogP contribution is 2.18. The van der Waals surface area contributed by atoms with Crippen LogP contribution in [0.15, 0.2) is 11.6 Å². The van der Waals surface area contributed by atoms with Crippen LogP contribution in [0.25, 0.3) is 0 Å². The second kappa shape index (κ2) is 4.55. The predicted octanol–water partition coefficient (Wildman–Crippen LogP) is 2.89. The van der Waals surface area contributed by atoms with Crippen LogP contribution in [0.5, 0.6) is 0 Å². The number of hydrogen-bond acceptors (Lipinski definition) is 1. The Hall–Kier alpha value is -0.300. The van der Waals surface area contributed by atoms with E-state index in [4.69, 9.17) is 0 Å². The van der Waals surface area contributed by atoms with Gasteiger partial charge in [0.1, 0.15) is 0 Å². The smallest absolute Gasteiger partial charge is 0.0620 e. The van der Waals surface area contributed by atoms with Gasteiger partial charge in [0, 0.05) is 0 Å². The molecular formula is C10H20O. The minimum absolute atomic E-state index is 0.468. The van der Waals surface area contributed by atoms with Crippen LogP contribution in [0.2, 0.25) is 0 Å². The van der Waals surface area contributed by atoms with E-state index in [1.54, 1.807) is 0 Å². The zero-order valence-electron chi connectivity index (χ0n) is 8.15. The third-order valence-corrected chi connectivity index (χ3v) is 2.31. The van der Waals surface area contributed by atoms with Crippen molar-refractivity contribution in [3.8, 4) is 0 Å². The summed E-state index contributed by atoms with van der Waals surface area (Å²) in [6.07, 6.45) is 4.83. The lowest BCUT2D eigenvalue weighted by molar-refractivity contribution is 0.0473. The van der Waals surface area contributed by atoms with Crippen molar-refractivity contribution in [2.75, 3.05) is 0 Å². The maximum absolute atomic E-state index is 9.64. The van der Waals surface area contributed by atoms with Crippen LogP contribution in [0.1, 0.15) is 47.0 Å². The molecule has 0 aromatic rings. The monoisotopic (exact) mass is 156 g/mol. The summed E-state index contributed by atoms with van der Waals surface area (Å²) in [7, 11) is 0. The van der Waals surface area contributed by atoms with Crippen LogP contribution < -0.4 is 0 Å². The van der Waals surface area contributed by atoms with Crippen molar-refractivity contribution in [2.24, 2.45) is 0 Å². The molecule has 0 radical (unpaired) electrons. The summed E-state index contributed by atoms with van der Waals surface area (Å²) in [4.78, 5) is 0. The van der Waals surface area contributed by atoms with E-state index in [1.165, 1.54) is 5.57 Å². The molecule has 0 spiro atoms. The largest absolute Gasteiger partial charge is 0.390 e. The van der Waals surface area contributed by atoms with Gasteiger partial charge in [0.2, 0.25) is 0 Å². The zero-order chi connectivity index (χ0) is 8.91. The first-order valence-electron chi connectivity index (χ1n) is 4.36. The van der Waals surface area contributed by atoms with E-state index in [2.05, 4.69) is 13.0 Å². The van der Waals surface area contributed by atoms with Crippen molar-refractivity contribution in [1.29, 1.82) is 0 Å². The average molecular weight is 156 g/mol. The Morgan fingerprint density at radius 1 is 1.55 bits per heavy atom. The molecule has 66 valence electrons. The molecule has 0 aromatic carbocycles. The van der Waals surface area contributed by atoms with Gasteiger partial charge in [0.15, 0.2) is 0 Å².